The van der Waals surface area contributed by atoms with Crippen molar-refractivity contribution in [1.29, 1.82) is 0 Å². The maximum Gasteiger partial charge on any atom is 0.248 e. The van der Waals surface area contributed by atoms with Crippen molar-refractivity contribution in [2.24, 2.45) is 5.73 Å². The summed E-state index contributed by atoms with van der Waals surface area (Å²) >= 11 is 5.90. The standard InChI is InChI=1S/C16H17ClN2O/c1-2-15(11-3-7-13(17)8-4-11)19-14-9-5-12(6-10-14)16(18)20/h3-10,15,19H,2H2,1H3,(H2,18,20). The van der Waals surface area contributed by atoms with E-state index in [0.717, 1.165) is 17.1 Å². The van der Waals surface area contributed by atoms with Gasteiger partial charge >= 0.3 is 0 Å². The molecule has 2 aromatic rings. The highest BCUT2D eigenvalue weighted by Crippen LogP contribution is 2.24. The Kier molecular flexibility index (Phi) is 4.64. The molecule has 0 bridgehead atoms. The van der Waals surface area contributed by atoms with Crippen LogP contribution in [0.1, 0.15) is 35.3 Å². The number of rotatable bonds is 5. The van der Waals surface area contributed by atoms with Gasteiger partial charge in [-0.3, -0.25) is 4.79 Å². The van der Waals surface area contributed by atoms with Crippen molar-refractivity contribution < 1.29 is 4.79 Å². The number of amides is 1. The van der Waals surface area contributed by atoms with Crippen LogP contribution in [0, 0.1) is 0 Å². The predicted octanol–water partition coefficient (Wildman–Crippen LogP) is 4.00. The van der Waals surface area contributed by atoms with Crippen molar-refractivity contribution in [2.75, 3.05) is 5.32 Å². The molecule has 1 unspecified atom stereocenters. The summed E-state index contributed by atoms with van der Waals surface area (Å²) in [4.78, 5) is 11.0. The Hall–Kier alpha value is -2.00. The third-order valence-electron chi connectivity index (χ3n) is 3.19. The molecule has 2 aromatic carbocycles. The van der Waals surface area contributed by atoms with Crippen LogP contribution in [0.3, 0.4) is 0 Å². The molecule has 3 nitrogen and oxygen atoms in total. The van der Waals surface area contributed by atoms with Crippen molar-refractivity contribution in [3.05, 3.63) is 64.7 Å². The normalized spacial score (nSPS) is 11.9. The van der Waals surface area contributed by atoms with Gasteiger partial charge in [-0.1, -0.05) is 30.7 Å². The van der Waals surface area contributed by atoms with E-state index in [1.165, 1.54) is 5.56 Å². The van der Waals surface area contributed by atoms with Crippen molar-refractivity contribution in [1.82, 2.24) is 0 Å². The van der Waals surface area contributed by atoms with Crippen molar-refractivity contribution >= 4 is 23.2 Å². The Balaban J connectivity index is 2.13. The molecule has 1 amide bonds. The van der Waals surface area contributed by atoms with Crippen LogP contribution in [0.4, 0.5) is 5.69 Å². The summed E-state index contributed by atoms with van der Waals surface area (Å²) in [6.07, 6.45) is 0.944. The van der Waals surface area contributed by atoms with Crippen molar-refractivity contribution in [3.8, 4) is 0 Å². The number of nitrogens with one attached hydrogen (secondary N) is 1. The Morgan fingerprint density at radius 3 is 2.25 bits per heavy atom. The van der Waals surface area contributed by atoms with E-state index in [1.807, 2.05) is 36.4 Å². The Morgan fingerprint density at radius 2 is 1.75 bits per heavy atom. The van der Waals surface area contributed by atoms with Gasteiger partial charge in [-0.05, 0) is 48.4 Å². The van der Waals surface area contributed by atoms with E-state index >= 15 is 0 Å². The highest BCUT2D eigenvalue weighted by molar-refractivity contribution is 6.30. The van der Waals surface area contributed by atoms with Gasteiger partial charge < -0.3 is 11.1 Å². The molecule has 0 radical (unpaired) electrons. The predicted molar refractivity (Wildman–Crippen MR) is 83.1 cm³/mol. The Labute approximate surface area is 123 Å². The Morgan fingerprint density at radius 1 is 1.15 bits per heavy atom. The second-order valence-electron chi connectivity index (χ2n) is 4.60. The van der Waals surface area contributed by atoms with Crippen LogP contribution < -0.4 is 11.1 Å². The number of benzene rings is 2. The smallest absolute Gasteiger partial charge is 0.248 e. The first-order valence-corrected chi connectivity index (χ1v) is 6.90. The summed E-state index contributed by atoms with van der Waals surface area (Å²) in [5.74, 6) is -0.415. The number of halogens is 1. The number of hydrogen-bond donors (Lipinski definition) is 2. The molecule has 0 saturated heterocycles. The molecule has 0 fully saturated rings. The molecule has 0 aliphatic rings. The number of carbonyl (C=O) groups is 1. The molecule has 0 saturated carbocycles. The number of primary amides is 1. The zero-order chi connectivity index (χ0) is 14.5. The van der Waals surface area contributed by atoms with E-state index in [1.54, 1.807) is 12.1 Å². The lowest BCUT2D eigenvalue weighted by Crippen LogP contribution is -2.12. The first kappa shape index (κ1) is 14.4. The second kappa shape index (κ2) is 6.44. The topological polar surface area (TPSA) is 55.1 Å². The molecule has 104 valence electrons. The summed E-state index contributed by atoms with van der Waals surface area (Å²) in [5, 5.41) is 4.17. The maximum absolute atomic E-state index is 11.0. The molecule has 2 rings (SSSR count). The first-order valence-electron chi connectivity index (χ1n) is 6.52. The summed E-state index contributed by atoms with van der Waals surface area (Å²) in [6.45, 7) is 2.12. The largest absolute Gasteiger partial charge is 0.378 e. The monoisotopic (exact) mass is 288 g/mol. The van der Waals surface area contributed by atoms with Crippen LogP contribution in [-0.2, 0) is 0 Å². The van der Waals surface area contributed by atoms with Crippen LogP contribution in [0.25, 0.3) is 0 Å². The van der Waals surface area contributed by atoms with E-state index in [2.05, 4.69) is 12.2 Å². The SMILES string of the molecule is CCC(Nc1ccc(C(N)=O)cc1)c1ccc(Cl)cc1. The number of hydrogen-bond acceptors (Lipinski definition) is 2. The fourth-order valence-corrected chi connectivity index (χ4v) is 2.17. The van der Waals surface area contributed by atoms with Gasteiger partial charge in [0, 0.05) is 16.3 Å². The molecule has 4 heteroatoms. The molecule has 0 heterocycles. The molecule has 0 aromatic heterocycles. The molecule has 20 heavy (non-hydrogen) atoms. The van der Waals surface area contributed by atoms with Gasteiger partial charge in [0.05, 0.1) is 6.04 Å². The molecule has 0 aliphatic heterocycles. The van der Waals surface area contributed by atoms with Crippen molar-refractivity contribution in [2.45, 2.75) is 19.4 Å². The van der Waals surface area contributed by atoms with Gasteiger partial charge in [-0.15, -0.1) is 0 Å². The molecular weight excluding hydrogens is 272 g/mol. The number of nitrogens with two attached hydrogens (primary N) is 1. The third-order valence-corrected chi connectivity index (χ3v) is 3.44. The van der Waals surface area contributed by atoms with E-state index in [-0.39, 0.29) is 6.04 Å². The zero-order valence-electron chi connectivity index (χ0n) is 11.3. The number of carbonyl (C=O) groups excluding carboxylic acids is 1. The maximum atomic E-state index is 11.0. The van der Waals surface area contributed by atoms with Gasteiger partial charge in [-0.2, -0.15) is 0 Å². The number of anilines is 1. The van der Waals surface area contributed by atoms with E-state index in [9.17, 15) is 4.79 Å². The molecule has 3 N–H and O–H groups in total. The Bertz CT molecular complexity index is 578. The van der Waals surface area contributed by atoms with Crippen LogP contribution in [0.5, 0.6) is 0 Å². The average Bonchev–Trinajstić information content (AvgIpc) is 2.46. The van der Waals surface area contributed by atoms with Gasteiger partial charge in [0.15, 0.2) is 0 Å². The van der Waals surface area contributed by atoms with E-state index in [0.29, 0.717) is 5.56 Å². The highest BCUT2D eigenvalue weighted by atomic mass is 35.5. The minimum Gasteiger partial charge on any atom is -0.378 e. The molecule has 0 aliphatic carbocycles. The molecule has 1 atom stereocenters. The van der Waals surface area contributed by atoms with Crippen LogP contribution in [-0.4, -0.2) is 5.91 Å². The lowest BCUT2D eigenvalue weighted by atomic mass is 10.0. The fourth-order valence-electron chi connectivity index (χ4n) is 2.05. The van der Waals surface area contributed by atoms with Crippen LogP contribution in [0.2, 0.25) is 5.02 Å². The molecular formula is C16H17ClN2O. The summed E-state index contributed by atoms with van der Waals surface area (Å²) < 4.78 is 0. The van der Waals surface area contributed by atoms with Gasteiger partial charge in [-0.25, -0.2) is 0 Å². The zero-order valence-corrected chi connectivity index (χ0v) is 12.0. The first-order chi connectivity index (χ1) is 9.60. The highest BCUT2D eigenvalue weighted by Gasteiger charge is 2.09. The van der Waals surface area contributed by atoms with Gasteiger partial charge in [0.2, 0.25) is 5.91 Å². The van der Waals surface area contributed by atoms with Crippen LogP contribution >= 0.6 is 11.6 Å². The van der Waals surface area contributed by atoms with Crippen molar-refractivity contribution in [3.63, 3.8) is 0 Å². The van der Waals surface area contributed by atoms with Crippen LogP contribution in [0.15, 0.2) is 48.5 Å². The van der Waals surface area contributed by atoms with E-state index < -0.39 is 5.91 Å². The third kappa shape index (κ3) is 3.52. The minimum atomic E-state index is -0.415. The molecule has 0 spiro atoms. The summed E-state index contributed by atoms with van der Waals surface area (Å²) in [7, 11) is 0. The van der Waals surface area contributed by atoms with Gasteiger partial charge in [0.25, 0.3) is 0 Å². The van der Waals surface area contributed by atoms with E-state index in [4.69, 9.17) is 17.3 Å². The second-order valence-corrected chi connectivity index (χ2v) is 5.03. The van der Waals surface area contributed by atoms with Gasteiger partial charge in [0.1, 0.15) is 0 Å². The fraction of sp³-hybridized carbons (Fsp3) is 0.188. The lowest BCUT2D eigenvalue weighted by molar-refractivity contribution is 0.100. The summed E-state index contributed by atoms with van der Waals surface area (Å²) in [5.41, 5.74) is 7.87. The lowest BCUT2D eigenvalue weighted by Gasteiger charge is -2.19. The summed E-state index contributed by atoms with van der Waals surface area (Å²) in [6, 6.07) is 15.2. The average molecular weight is 289 g/mol. The minimum absolute atomic E-state index is 0.201. The quantitative estimate of drug-likeness (QED) is 0.873.